The van der Waals surface area contributed by atoms with Crippen molar-refractivity contribution in [3.05, 3.63) is 108 Å². The Morgan fingerprint density at radius 3 is 2.14 bits per heavy atom. The minimum absolute atomic E-state index is 0.287. The highest BCUT2D eigenvalue weighted by Gasteiger charge is 2.22. The van der Waals surface area contributed by atoms with Crippen LogP contribution in [0.3, 0.4) is 0 Å². The van der Waals surface area contributed by atoms with Gasteiger partial charge < -0.3 is 4.74 Å². The molecule has 5 nitrogen and oxygen atoms in total. The van der Waals surface area contributed by atoms with Gasteiger partial charge in [-0.05, 0) is 67.7 Å². The Labute approximate surface area is 170 Å². The Hall–Kier alpha value is -3.86. The van der Waals surface area contributed by atoms with E-state index in [2.05, 4.69) is 16.6 Å². The lowest BCUT2D eigenvalue weighted by atomic mass is 10.1. The van der Waals surface area contributed by atoms with Gasteiger partial charge in [0.2, 0.25) is 0 Å². The van der Waals surface area contributed by atoms with Crippen LogP contribution in [0.5, 0.6) is 0 Å². The number of hydrogen-bond donors (Lipinski definition) is 0. The summed E-state index contributed by atoms with van der Waals surface area (Å²) in [4.78, 5) is 18.6. The highest BCUT2D eigenvalue weighted by Crippen LogP contribution is 2.29. The lowest BCUT2D eigenvalue weighted by molar-refractivity contribution is 0.247. The second-order valence-electron chi connectivity index (χ2n) is 6.63. The number of rotatable bonds is 3. The molecule has 0 aromatic rings. The van der Waals surface area contributed by atoms with Crippen LogP contribution < -0.4 is 0 Å². The quantitative estimate of drug-likeness (QED) is 0.712. The third-order valence-corrected chi connectivity index (χ3v) is 4.59. The van der Waals surface area contributed by atoms with Crippen LogP contribution >= 0.6 is 0 Å². The molecule has 0 aromatic heterocycles. The van der Waals surface area contributed by atoms with Crippen molar-refractivity contribution in [3.8, 4) is 0 Å². The molecule has 0 aliphatic carbocycles. The molecule has 0 atom stereocenters. The molecule has 0 saturated heterocycles. The van der Waals surface area contributed by atoms with Crippen molar-refractivity contribution >= 4 is 22.8 Å². The Morgan fingerprint density at radius 1 is 0.862 bits per heavy atom. The fraction of sp³-hybridized carbons (Fsp3) is 0.0833. The Morgan fingerprint density at radius 2 is 1.48 bits per heavy atom. The van der Waals surface area contributed by atoms with E-state index >= 15 is 0 Å². The lowest BCUT2D eigenvalue weighted by Gasteiger charge is -2.10. The summed E-state index contributed by atoms with van der Waals surface area (Å²) in [6, 6.07) is 0.287. The molecule has 5 heterocycles. The van der Waals surface area contributed by atoms with E-state index in [9.17, 15) is 0 Å². The largest absolute Gasteiger partial charge is 0.489 e. The van der Waals surface area contributed by atoms with Crippen LogP contribution in [-0.2, 0) is 4.74 Å². The van der Waals surface area contributed by atoms with E-state index in [0.29, 0.717) is 35.1 Å². The zero-order valence-electron chi connectivity index (χ0n) is 16.9. The van der Waals surface area contributed by atoms with Crippen LogP contribution in [0.25, 0.3) is 0 Å². The zero-order chi connectivity index (χ0) is 20.7. The van der Waals surface area contributed by atoms with E-state index < -0.39 is 0 Å². The summed E-state index contributed by atoms with van der Waals surface area (Å²) in [6.07, 6.45) is 18.8. The number of nitrogens with zero attached hydrogens (tertiary/aromatic N) is 4. The van der Waals surface area contributed by atoms with E-state index in [1.807, 2.05) is 55.5 Å². The van der Waals surface area contributed by atoms with Gasteiger partial charge in [0.25, 0.3) is 0 Å². The monoisotopic (exact) mass is 379 g/mol. The average Bonchev–Trinajstić information content (AvgIpc) is 3.51. The van der Waals surface area contributed by atoms with Crippen molar-refractivity contribution in [1.29, 1.82) is 0 Å². The predicted molar refractivity (Wildman–Crippen MR) is 118 cm³/mol. The summed E-state index contributed by atoms with van der Waals surface area (Å²) in [5.41, 5.74) is 6.31. The van der Waals surface area contributed by atoms with Crippen molar-refractivity contribution in [2.45, 2.75) is 6.92 Å². The molecular formula is C24H18N4O. The maximum atomic E-state index is 8.58. The zero-order valence-corrected chi connectivity index (χ0v) is 15.9. The molecule has 0 spiro atoms. The maximum absolute atomic E-state index is 8.58. The second-order valence-corrected chi connectivity index (χ2v) is 6.63. The van der Waals surface area contributed by atoms with Crippen molar-refractivity contribution in [1.82, 2.24) is 0 Å². The molecule has 0 radical (unpaired) electrons. The van der Waals surface area contributed by atoms with Crippen molar-refractivity contribution in [2.75, 3.05) is 6.61 Å². The number of allylic oxidation sites excluding steroid dienone is 11. The van der Waals surface area contributed by atoms with Crippen LogP contribution in [0.1, 0.15) is 8.29 Å². The van der Waals surface area contributed by atoms with Crippen LogP contribution in [0.4, 0.5) is 0 Å². The van der Waals surface area contributed by atoms with Gasteiger partial charge in [-0.2, -0.15) is 0 Å². The molecule has 0 amide bonds. The van der Waals surface area contributed by atoms with Gasteiger partial charge in [-0.25, -0.2) is 20.0 Å². The highest BCUT2D eigenvalue weighted by atomic mass is 16.5. The molecule has 140 valence electrons. The third kappa shape index (κ3) is 3.27. The van der Waals surface area contributed by atoms with Crippen LogP contribution in [-0.4, -0.2) is 29.5 Å². The molecule has 5 aliphatic rings. The number of hydrogen-bond acceptors (Lipinski definition) is 5. The highest BCUT2D eigenvalue weighted by molar-refractivity contribution is 6.16. The van der Waals surface area contributed by atoms with E-state index in [0.717, 1.165) is 28.5 Å². The number of fused-ring (bicyclic) bond motifs is 4. The first-order valence-electron chi connectivity index (χ1n) is 9.90. The molecule has 5 aliphatic heterocycles. The minimum Gasteiger partial charge on any atom is -0.489 e. The fourth-order valence-corrected chi connectivity index (χ4v) is 3.34. The molecule has 5 heteroatoms. The molecular weight excluding hydrogens is 360 g/mol. The second kappa shape index (κ2) is 6.95. The topological polar surface area (TPSA) is 58.7 Å². The average molecular weight is 379 g/mol. The first-order valence-corrected chi connectivity index (χ1v) is 9.40. The van der Waals surface area contributed by atoms with Crippen molar-refractivity contribution in [3.63, 3.8) is 0 Å². The van der Waals surface area contributed by atoms with E-state index in [4.69, 9.17) is 16.1 Å². The minimum atomic E-state index is 0.287. The predicted octanol–water partition coefficient (Wildman–Crippen LogP) is 4.50. The Bertz CT molecular complexity index is 1250. The van der Waals surface area contributed by atoms with E-state index in [1.165, 1.54) is 0 Å². The van der Waals surface area contributed by atoms with Gasteiger partial charge in [0.05, 0.1) is 42.2 Å². The number of aliphatic imine (C=N–C) groups is 4. The Balaban J connectivity index is 1.75. The third-order valence-electron chi connectivity index (χ3n) is 4.59. The van der Waals surface area contributed by atoms with Gasteiger partial charge >= 0.3 is 0 Å². The Kier molecular flexibility index (Phi) is 3.86. The first-order chi connectivity index (χ1) is 14.6. The molecule has 0 saturated carbocycles. The van der Waals surface area contributed by atoms with Crippen LogP contribution in [0.2, 0.25) is 0 Å². The summed E-state index contributed by atoms with van der Waals surface area (Å²) < 4.78 is 14.5. The van der Waals surface area contributed by atoms with Gasteiger partial charge in [-0.3, -0.25) is 0 Å². The summed E-state index contributed by atoms with van der Waals surface area (Å²) in [5.74, 6) is 0.535. The van der Waals surface area contributed by atoms with Crippen LogP contribution in [0.15, 0.2) is 127 Å². The molecule has 8 bridgehead atoms. The normalized spacial score (nSPS) is 22.1. The summed E-state index contributed by atoms with van der Waals surface area (Å²) in [6.45, 7) is 6.24. The van der Waals surface area contributed by atoms with Gasteiger partial charge in [-0.15, -0.1) is 0 Å². The van der Waals surface area contributed by atoms with Gasteiger partial charge in [0.15, 0.2) is 5.76 Å². The molecule has 0 N–H and O–H groups in total. The fourth-order valence-electron chi connectivity index (χ4n) is 3.34. The molecule has 5 rings (SSSR count). The standard InChI is InChI=1S/C24H18N4O/c1-3-15-11-21-14-19-8-7-17(26-19)12-16-5-6-18(25-16)13-20-9-10-22(27-20)24(29-4-2)23(15)28-21/h3,5-14H,1,4H2,2H3/i11D. The van der Waals surface area contributed by atoms with Crippen molar-refractivity contribution in [2.24, 2.45) is 20.0 Å². The lowest BCUT2D eigenvalue weighted by Crippen LogP contribution is -2.06. The molecule has 0 unspecified atom stereocenters. The maximum Gasteiger partial charge on any atom is 0.171 e. The van der Waals surface area contributed by atoms with Gasteiger partial charge in [-0.1, -0.05) is 12.7 Å². The summed E-state index contributed by atoms with van der Waals surface area (Å²) in [7, 11) is 0. The van der Waals surface area contributed by atoms with E-state index in [1.54, 1.807) is 12.2 Å². The molecule has 0 fully saturated rings. The van der Waals surface area contributed by atoms with E-state index in [-0.39, 0.29) is 6.05 Å². The first kappa shape index (κ1) is 16.1. The van der Waals surface area contributed by atoms with Gasteiger partial charge in [0, 0.05) is 5.57 Å². The smallest absolute Gasteiger partial charge is 0.171 e. The summed E-state index contributed by atoms with van der Waals surface area (Å²) >= 11 is 0. The molecule has 0 aromatic carbocycles. The van der Waals surface area contributed by atoms with Crippen molar-refractivity contribution < 1.29 is 6.11 Å². The summed E-state index contributed by atoms with van der Waals surface area (Å²) in [5, 5.41) is 0. The molecule has 29 heavy (non-hydrogen) atoms. The number of ether oxygens (including phenoxy) is 1. The van der Waals surface area contributed by atoms with Crippen LogP contribution in [0, 0.1) is 0 Å². The van der Waals surface area contributed by atoms with Gasteiger partial charge in [0.1, 0.15) is 11.4 Å². The SMILES string of the molecule is [2H]C1=C(C=C)C2=C(OCC)C3=NC(=CC4=NC(=CC5=NC(=CC1=N2)C=C5)C=C4)C=C3.